The van der Waals surface area contributed by atoms with Gasteiger partial charge in [-0.25, -0.2) is 4.98 Å². The fourth-order valence-corrected chi connectivity index (χ4v) is 5.96. The van der Waals surface area contributed by atoms with Crippen molar-refractivity contribution in [3.63, 3.8) is 0 Å². The number of hydrogen-bond acceptors (Lipinski definition) is 5. The van der Waals surface area contributed by atoms with Crippen molar-refractivity contribution in [3.05, 3.63) is 24.3 Å². The Hall–Kier alpha value is -1.22. The number of para-hydroxylation sites is 1. The molecule has 0 aliphatic carbocycles. The van der Waals surface area contributed by atoms with Gasteiger partial charge in [0.25, 0.3) is 10.2 Å². The van der Waals surface area contributed by atoms with E-state index in [-0.39, 0.29) is 6.04 Å². The summed E-state index contributed by atoms with van der Waals surface area (Å²) in [5.41, 5.74) is 1.01. The summed E-state index contributed by atoms with van der Waals surface area (Å²) in [6.07, 6.45) is 3.78. The molecule has 8 heteroatoms. The zero-order valence-corrected chi connectivity index (χ0v) is 15.2. The Morgan fingerprint density at radius 2 is 1.92 bits per heavy atom. The van der Waals surface area contributed by atoms with E-state index in [1.807, 2.05) is 18.2 Å². The highest BCUT2D eigenvalue weighted by molar-refractivity contribution is 7.87. The van der Waals surface area contributed by atoms with Crippen LogP contribution in [0.5, 0.6) is 0 Å². The zero-order chi connectivity index (χ0) is 16.6. The van der Waals surface area contributed by atoms with E-state index in [2.05, 4.69) is 15.7 Å². The number of anilines is 1. The average Bonchev–Trinajstić information content (AvgIpc) is 3.24. The highest BCUT2D eigenvalue weighted by atomic mass is 32.2. The third kappa shape index (κ3) is 3.28. The Morgan fingerprint density at radius 3 is 2.71 bits per heavy atom. The molecular formula is C16H22N4O2S2. The molecule has 2 fully saturated rings. The lowest BCUT2D eigenvalue weighted by Gasteiger charge is -2.33. The van der Waals surface area contributed by atoms with Gasteiger partial charge < -0.3 is 4.90 Å². The predicted molar refractivity (Wildman–Crippen MR) is 97.7 cm³/mol. The van der Waals surface area contributed by atoms with Gasteiger partial charge in [0.2, 0.25) is 0 Å². The molecule has 0 spiro atoms. The first-order valence-electron chi connectivity index (χ1n) is 8.50. The van der Waals surface area contributed by atoms with E-state index in [4.69, 9.17) is 4.98 Å². The van der Waals surface area contributed by atoms with Gasteiger partial charge >= 0.3 is 0 Å². The first-order valence-corrected chi connectivity index (χ1v) is 10.8. The Kier molecular flexibility index (Phi) is 4.46. The molecule has 0 amide bonds. The van der Waals surface area contributed by atoms with Crippen LogP contribution in [0.25, 0.3) is 10.2 Å². The fraction of sp³-hybridized carbons (Fsp3) is 0.562. The molecule has 2 aliphatic heterocycles. The van der Waals surface area contributed by atoms with Crippen molar-refractivity contribution in [1.82, 2.24) is 14.0 Å². The van der Waals surface area contributed by atoms with Gasteiger partial charge in [-0.1, -0.05) is 23.5 Å². The molecule has 3 heterocycles. The second-order valence-electron chi connectivity index (χ2n) is 6.48. The van der Waals surface area contributed by atoms with Gasteiger partial charge in [0.1, 0.15) is 0 Å². The van der Waals surface area contributed by atoms with Crippen LogP contribution in [0.2, 0.25) is 0 Å². The summed E-state index contributed by atoms with van der Waals surface area (Å²) in [6, 6.07) is 8.07. The summed E-state index contributed by atoms with van der Waals surface area (Å²) in [7, 11) is -3.35. The maximum absolute atomic E-state index is 12.5. The van der Waals surface area contributed by atoms with Crippen LogP contribution in [-0.4, -0.2) is 49.9 Å². The summed E-state index contributed by atoms with van der Waals surface area (Å²) in [4.78, 5) is 6.92. The predicted octanol–water partition coefficient (Wildman–Crippen LogP) is 2.20. The highest BCUT2D eigenvalue weighted by Gasteiger charge is 2.30. The topological polar surface area (TPSA) is 65.5 Å². The third-order valence-electron chi connectivity index (χ3n) is 4.70. The van der Waals surface area contributed by atoms with Crippen molar-refractivity contribution in [2.75, 3.05) is 31.1 Å². The summed E-state index contributed by atoms with van der Waals surface area (Å²) in [6.45, 7) is 2.90. The molecule has 0 saturated carbocycles. The van der Waals surface area contributed by atoms with Gasteiger partial charge in [-0.3, -0.25) is 0 Å². The monoisotopic (exact) mass is 366 g/mol. The maximum atomic E-state index is 12.5. The van der Waals surface area contributed by atoms with Crippen molar-refractivity contribution in [2.24, 2.45) is 0 Å². The van der Waals surface area contributed by atoms with E-state index in [0.29, 0.717) is 19.6 Å². The molecular weight excluding hydrogens is 344 g/mol. The molecule has 2 saturated heterocycles. The Morgan fingerprint density at radius 1 is 1.12 bits per heavy atom. The lowest BCUT2D eigenvalue weighted by Crippen LogP contribution is -2.51. The third-order valence-corrected chi connectivity index (χ3v) is 7.47. The van der Waals surface area contributed by atoms with E-state index in [0.717, 1.165) is 42.9 Å². The number of thiazole rings is 1. The van der Waals surface area contributed by atoms with E-state index >= 15 is 0 Å². The average molecular weight is 367 g/mol. The van der Waals surface area contributed by atoms with Crippen LogP contribution in [0.3, 0.4) is 0 Å². The van der Waals surface area contributed by atoms with Crippen LogP contribution in [0.15, 0.2) is 24.3 Å². The van der Waals surface area contributed by atoms with Crippen molar-refractivity contribution >= 4 is 36.9 Å². The van der Waals surface area contributed by atoms with Crippen LogP contribution in [0, 0.1) is 0 Å². The molecule has 1 N–H and O–H groups in total. The molecule has 0 bridgehead atoms. The minimum absolute atomic E-state index is 0.0450. The van der Waals surface area contributed by atoms with Gasteiger partial charge in [-0.15, -0.1) is 0 Å². The number of piperidine rings is 1. The molecule has 130 valence electrons. The van der Waals surface area contributed by atoms with Crippen molar-refractivity contribution in [2.45, 2.75) is 31.7 Å². The second-order valence-corrected chi connectivity index (χ2v) is 9.19. The van der Waals surface area contributed by atoms with Crippen molar-refractivity contribution in [3.8, 4) is 0 Å². The summed E-state index contributed by atoms with van der Waals surface area (Å²) in [5, 5.41) is 0.987. The normalized spacial score (nSPS) is 23.2. The largest absolute Gasteiger partial charge is 0.346 e. The fourth-order valence-electron chi connectivity index (χ4n) is 3.46. The Labute approximate surface area is 146 Å². The minimum atomic E-state index is -3.35. The van der Waals surface area contributed by atoms with E-state index in [1.165, 1.54) is 4.70 Å². The lowest BCUT2D eigenvalue weighted by atomic mass is 10.1. The number of hydrogen-bond donors (Lipinski definition) is 1. The van der Waals surface area contributed by atoms with Crippen molar-refractivity contribution < 1.29 is 8.42 Å². The summed E-state index contributed by atoms with van der Waals surface area (Å²) < 4.78 is 30.6. The van der Waals surface area contributed by atoms with Gasteiger partial charge in [-0.2, -0.15) is 17.4 Å². The van der Waals surface area contributed by atoms with E-state index < -0.39 is 10.2 Å². The Balaban J connectivity index is 1.47. The smallest absolute Gasteiger partial charge is 0.279 e. The molecule has 1 aromatic heterocycles. The number of aromatic nitrogens is 1. The van der Waals surface area contributed by atoms with Crippen LogP contribution in [-0.2, 0) is 10.2 Å². The minimum Gasteiger partial charge on any atom is -0.346 e. The molecule has 2 aromatic rings. The molecule has 6 nitrogen and oxygen atoms in total. The van der Waals surface area contributed by atoms with Gasteiger partial charge in [-0.05, 0) is 37.8 Å². The van der Waals surface area contributed by atoms with E-state index in [1.54, 1.807) is 15.6 Å². The molecule has 2 aliphatic rings. The number of fused-ring (bicyclic) bond motifs is 1. The van der Waals surface area contributed by atoms with Crippen molar-refractivity contribution in [1.29, 1.82) is 0 Å². The first-order chi connectivity index (χ1) is 11.6. The van der Waals surface area contributed by atoms with Gasteiger partial charge in [0, 0.05) is 32.2 Å². The quantitative estimate of drug-likeness (QED) is 0.901. The second kappa shape index (κ2) is 6.59. The summed E-state index contributed by atoms with van der Waals surface area (Å²) >= 11 is 1.68. The van der Waals surface area contributed by atoms with Gasteiger partial charge in [0.15, 0.2) is 5.13 Å². The molecule has 4 rings (SSSR count). The van der Waals surface area contributed by atoms with Crippen LogP contribution in [0.4, 0.5) is 5.13 Å². The molecule has 24 heavy (non-hydrogen) atoms. The van der Waals surface area contributed by atoms with E-state index in [9.17, 15) is 8.42 Å². The number of benzene rings is 1. The zero-order valence-electron chi connectivity index (χ0n) is 13.5. The number of nitrogens with one attached hydrogen (secondary N) is 1. The summed E-state index contributed by atoms with van der Waals surface area (Å²) in [5.74, 6) is 0. The lowest BCUT2D eigenvalue weighted by molar-refractivity contribution is 0.425. The molecule has 0 radical (unpaired) electrons. The molecule has 1 aromatic carbocycles. The molecule has 1 atom stereocenters. The first kappa shape index (κ1) is 16.3. The maximum Gasteiger partial charge on any atom is 0.279 e. The number of rotatable bonds is 4. The van der Waals surface area contributed by atoms with Crippen LogP contribution >= 0.6 is 11.3 Å². The highest BCUT2D eigenvalue weighted by Crippen LogP contribution is 2.30. The standard InChI is InChI=1S/C16H22N4O2S2/c21-24(22,20-10-3-4-11-20)18-13-6-5-9-19(12-13)16-17-14-7-1-2-8-15(14)23-16/h1-2,7-8,13,18H,3-6,9-12H2. The molecule has 1 unspecified atom stereocenters. The number of nitrogens with zero attached hydrogens (tertiary/aromatic N) is 3. The van der Waals surface area contributed by atoms with Gasteiger partial charge in [0.05, 0.1) is 10.2 Å². The SMILES string of the molecule is O=S(=O)(NC1CCCN(c2nc3ccccc3s2)C1)N1CCCC1. The Bertz CT molecular complexity index is 781. The van der Waals surface area contributed by atoms with Crippen LogP contribution in [0.1, 0.15) is 25.7 Å². The van der Waals surface area contributed by atoms with Crippen LogP contribution < -0.4 is 9.62 Å².